The summed E-state index contributed by atoms with van der Waals surface area (Å²) in [4.78, 5) is 0. The van der Waals surface area contributed by atoms with Gasteiger partial charge in [-0.1, -0.05) is 55.9 Å². The quantitative estimate of drug-likeness (QED) is 0.105. The number of hydrogen-bond acceptors (Lipinski definition) is 2. The van der Waals surface area contributed by atoms with Crippen LogP contribution >= 0.6 is 0 Å². The Balaban J connectivity index is 1.49. The van der Waals surface area contributed by atoms with Crippen LogP contribution < -0.4 is 9.47 Å². The zero-order valence-corrected chi connectivity index (χ0v) is 23.0. The standard InChI is InChI=1S/C33H23F9O2/c1-2-3-4-5-20-6-8-21(9-7-20)10-11-22-12-14-25(27(34)16-22)23-13-15-26(28(35)17-23)32(38,39)43-24-18-29(36)31(30(37)19-24)44-33(40,41)42/h6-9,12-19H,2-5H2,1H3. The summed E-state index contributed by atoms with van der Waals surface area (Å²) in [6.07, 6.45) is -5.63. The number of alkyl halides is 5. The predicted octanol–water partition coefficient (Wildman–Crippen LogP) is 10.1. The van der Waals surface area contributed by atoms with E-state index < -0.39 is 52.8 Å². The zero-order chi connectivity index (χ0) is 32.1. The van der Waals surface area contributed by atoms with Crippen molar-refractivity contribution in [3.63, 3.8) is 0 Å². The second kappa shape index (κ2) is 13.4. The Morgan fingerprint density at radius 3 is 1.86 bits per heavy atom. The van der Waals surface area contributed by atoms with Gasteiger partial charge >= 0.3 is 12.5 Å². The highest BCUT2D eigenvalue weighted by Gasteiger charge is 2.39. The minimum Gasteiger partial charge on any atom is -0.429 e. The summed E-state index contributed by atoms with van der Waals surface area (Å²) in [7, 11) is 0. The van der Waals surface area contributed by atoms with Crippen LogP contribution in [0, 0.1) is 35.1 Å². The van der Waals surface area contributed by atoms with Crippen molar-refractivity contribution < 1.29 is 49.0 Å². The van der Waals surface area contributed by atoms with Gasteiger partial charge in [-0.15, -0.1) is 13.2 Å². The van der Waals surface area contributed by atoms with Crippen molar-refractivity contribution >= 4 is 0 Å². The SMILES string of the molecule is CCCCCc1ccc(C#Cc2ccc(-c3ccc(C(F)(F)Oc4cc(F)c(OC(F)(F)F)c(F)c4)c(F)c3)c(F)c2)cc1. The Hall–Kier alpha value is -4.59. The van der Waals surface area contributed by atoms with E-state index in [0.29, 0.717) is 17.7 Å². The number of benzene rings is 4. The molecule has 0 aliphatic heterocycles. The lowest BCUT2D eigenvalue weighted by Crippen LogP contribution is -2.24. The van der Waals surface area contributed by atoms with Gasteiger partial charge in [0, 0.05) is 28.8 Å². The van der Waals surface area contributed by atoms with Crippen LogP contribution in [0.25, 0.3) is 11.1 Å². The molecule has 11 heteroatoms. The lowest BCUT2D eigenvalue weighted by Gasteiger charge is -2.20. The second-order valence-electron chi connectivity index (χ2n) is 9.68. The van der Waals surface area contributed by atoms with Gasteiger partial charge in [0.1, 0.15) is 17.4 Å². The number of hydrogen-bond donors (Lipinski definition) is 0. The van der Waals surface area contributed by atoms with Gasteiger partial charge in [0.25, 0.3) is 0 Å². The van der Waals surface area contributed by atoms with Crippen LogP contribution in [0.15, 0.2) is 72.8 Å². The van der Waals surface area contributed by atoms with E-state index in [2.05, 4.69) is 28.2 Å². The number of halogens is 9. The molecule has 0 bridgehead atoms. The van der Waals surface area contributed by atoms with Gasteiger partial charge in [-0.2, -0.15) is 8.78 Å². The Morgan fingerprint density at radius 2 is 1.27 bits per heavy atom. The van der Waals surface area contributed by atoms with Gasteiger partial charge in [0.05, 0.1) is 5.56 Å². The summed E-state index contributed by atoms with van der Waals surface area (Å²) in [5.41, 5.74) is 0.636. The van der Waals surface area contributed by atoms with E-state index in [9.17, 15) is 39.5 Å². The van der Waals surface area contributed by atoms with Crippen molar-refractivity contribution in [3.05, 3.63) is 118 Å². The monoisotopic (exact) mass is 622 g/mol. The molecule has 0 atom stereocenters. The molecule has 0 heterocycles. The van der Waals surface area contributed by atoms with E-state index in [1.807, 2.05) is 24.3 Å². The van der Waals surface area contributed by atoms with Crippen LogP contribution in [-0.4, -0.2) is 6.36 Å². The van der Waals surface area contributed by atoms with Gasteiger partial charge in [-0.25, -0.2) is 17.6 Å². The lowest BCUT2D eigenvalue weighted by atomic mass is 10.0. The number of aryl methyl sites for hydroxylation is 1. The summed E-state index contributed by atoms with van der Waals surface area (Å²) < 4.78 is 131. The van der Waals surface area contributed by atoms with Crippen molar-refractivity contribution in [2.24, 2.45) is 0 Å². The van der Waals surface area contributed by atoms with E-state index >= 15 is 0 Å². The maximum atomic E-state index is 14.9. The molecule has 2 nitrogen and oxygen atoms in total. The molecule has 4 aromatic rings. The molecule has 0 amide bonds. The molecule has 4 rings (SSSR count). The first-order chi connectivity index (χ1) is 20.8. The highest BCUT2D eigenvalue weighted by molar-refractivity contribution is 5.66. The summed E-state index contributed by atoms with van der Waals surface area (Å²) in [6, 6.07) is 13.8. The Kier molecular flexibility index (Phi) is 9.82. The first-order valence-corrected chi connectivity index (χ1v) is 13.3. The van der Waals surface area contributed by atoms with Crippen LogP contribution in [0.5, 0.6) is 11.5 Å². The van der Waals surface area contributed by atoms with Crippen molar-refractivity contribution in [3.8, 4) is 34.5 Å². The smallest absolute Gasteiger partial charge is 0.429 e. The molecule has 0 aromatic heterocycles. The van der Waals surface area contributed by atoms with Gasteiger partial charge in [0.15, 0.2) is 11.6 Å². The maximum Gasteiger partial charge on any atom is 0.573 e. The van der Waals surface area contributed by atoms with Gasteiger partial charge in [-0.3, -0.25) is 0 Å². The van der Waals surface area contributed by atoms with E-state index in [4.69, 9.17) is 0 Å². The average Bonchev–Trinajstić information content (AvgIpc) is 2.94. The third-order valence-electron chi connectivity index (χ3n) is 6.37. The summed E-state index contributed by atoms with van der Waals surface area (Å²) >= 11 is 0. The Bertz CT molecular complexity index is 1660. The molecule has 0 fully saturated rings. The molecule has 0 saturated carbocycles. The number of rotatable bonds is 9. The molecular formula is C33H23F9O2. The Morgan fingerprint density at radius 1 is 0.636 bits per heavy atom. The summed E-state index contributed by atoms with van der Waals surface area (Å²) in [5, 5.41) is 0. The molecule has 0 radical (unpaired) electrons. The maximum absolute atomic E-state index is 14.9. The van der Waals surface area contributed by atoms with Gasteiger partial charge in [0.2, 0.25) is 5.75 Å². The van der Waals surface area contributed by atoms with Crippen molar-refractivity contribution in [1.82, 2.24) is 0 Å². The molecule has 0 spiro atoms. The molecule has 44 heavy (non-hydrogen) atoms. The number of ether oxygens (including phenoxy) is 2. The van der Waals surface area contributed by atoms with Crippen molar-refractivity contribution in [2.45, 2.75) is 45.1 Å². The first-order valence-electron chi connectivity index (χ1n) is 13.3. The highest BCUT2D eigenvalue weighted by Crippen LogP contribution is 2.38. The fourth-order valence-corrected chi connectivity index (χ4v) is 4.24. The normalized spacial score (nSPS) is 11.6. The molecule has 0 unspecified atom stereocenters. The van der Waals surface area contributed by atoms with Gasteiger partial charge in [-0.05, 0) is 60.4 Å². The minimum absolute atomic E-state index is 0.0217. The van der Waals surface area contributed by atoms with Crippen LogP contribution in [0.3, 0.4) is 0 Å². The fourth-order valence-electron chi connectivity index (χ4n) is 4.24. The third-order valence-corrected chi connectivity index (χ3v) is 6.37. The zero-order valence-electron chi connectivity index (χ0n) is 23.0. The van der Waals surface area contributed by atoms with E-state index in [-0.39, 0.29) is 23.3 Å². The molecular weight excluding hydrogens is 599 g/mol. The first kappa shape index (κ1) is 32.3. The molecule has 0 aliphatic rings. The number of unbranched alkanes of at least 4 members (excludes halogenated alkanes) is 2. The molecule has 0 N–H and O–H groups in total. The predicted molar refractivity (Wildman–Crippen MR) is 145 cm³/mol. The van der Waals surface area contributed by atoms with E-state index in [1.165, 1.54) is 17.7 Å². The summed E-state index contributed by atoms with van der Waals surface area (Å²) in [5.74, 6) is -3.66. The molecule has 4 aromatic carbocycles. The second-order valence-corrected chi connectivity index (χ2v) is 9.68. The molecule has 230 valence electrons. The molecule has 0 aliphatic carbocycles. The van der Waals surface area contributed by atoms with E-state index in [1.54, 1.807) is 0 Å². The van der Waals surface area contributed by atoms with Crippen molar-refractivity contribution in [1.29, 1.82) is 0 Å². The third kappa shape index (κ3) is 8.28. The van der Waals surface area contributed by atoms with Crippen LogP contribution in [0.4, 0.5) is 39.5 Å². The van der Waals surface area contributed by atoms with Crippen LogP contribution in [0.2, 0.25) is 0 Å². The fraction of sp³-hybridized carbons (Fsp3) is 0.212. The summed E-state index contributed by atoms with van der Waals surface area (Å²) in [6.45, 7) is 2.13. The minimum atomic E-state index is -5.45. The van der Waals surface area contributed by atoms with Crippen molar-refractivity contribution in [2.75, 3.05) is 0 Å². The van der Waals surface area contributed by atoms with Crippen LogP contribution in [0.1, 0.15) is 48.4 Å². The van der Waals surface area contributed by atoms with Crippen LogP contribution in [-0.2, 0) is 12.5 Å². The topological polar surface area (TPSA) is 18.5 Å². The highest BCUT2D eigenvalue weighted by atomic mass is 19.4. The largest absolute Gasteiger partial charge is 0.573 e. The van der Waals surface area contributed by atoms with Gasteiger partial charge < -0.3 is 9.47 Å². The average molecular weight is 623 g/mol. The molecule has 0 saturated heterocycles. The Labute approximate surface area is 247 Å². The lowest BCUT2D eigenvalue weighted by molar-refractivity contribution is -0.276. The van der Waals surface area contributed by atoms with E-state index in [0.717, 1.165) is 43.4 Å².